The van der Waals surface area contributed by atoms with Gasteiger partial charge in [-0.3, -0.25) is 15.6 Å². The SMILES string of the molecule is Cc1cccc2c(Cl)nc(Cl)nc12.Cc1cccc2c(NNC(=O)CO)nc(Cl)nc12. The fraction of sp³-hybridized carbons (Fsp3) is 0.150. The molecule has 0 spiro atoms. The molecule has 0 fully saturated rings. The van der Waals surface area contributed by atoms with Crippen LogP contribution in [0.1, 0.15) is 11.1 Å². The average molecular weight is 480 g/mol. The quantitative estimate of drug-likeness (QED) is 0.228. The number of fused-ring (bicyclic) bond motifs is 2. The highest BCUT2D eigenvalue weighted by atomic mass is 35.5. The van der Waals surface area contributed by atoms with Crippen molar-refractivity contribution in [3.8, 4) is 0 Å². The second-order valence-electron chi connectivity index (χ2n) is 6.40. The Morgan fingerprint density at radius 3 is 2.03 bits per heavy atom. The molecule has 0 saturated carbocycles. The summed E-state index contributed by atoms with van der Waals surface area (Å²) in [5, 5.41) is 10.9. The molecule has 0 aliphatic carbocycles. The Labute approximate surface area is 192 Å². The number of carbonyl (C=O) groups is 1. The van der Waals surface area contributed by atoms with E-state index < -0.39 is 12.5 Å². The molecule has 0 radical (unpaired) electrons. The molecule has 160 valence electrons. The number of anilines is 1. The van der Waals surface area contributed by atoms with Gasteiger partial charge in [-0.15, -0.1) is 0 Å². The third-order valence-corrected chi connectivity index (χ3v) is 4.85. The van der Waals surface area contributed by atoms with Crippen LogP contribution in [0.3, 0.4) is 0 Å². The molecular formula is C20H17Cl3N6O2. The van der Waals surface area contributed by atoms with Crippen molar-refractivity contribution in [1.29, 1.82) is 0 Å². The number of benzene rings is 2. The van der Waals surface area contributed by atoms with E-state index in [1.165, 1.54) is 0 Å². The van der Waals surface area contributed by atoms with Gasteiger partial charge in [0, 0.05) is 10.8 Å². The Bertz CT molecular complexity index is 1270. The summed E-state index contributed by atoms with van der Waals surface area (Å²) in [5.74, 6) is -0.180. The van der Waals surface area contributed by atoms with Gasteiger partial charge < -0.3 is 5.11 Å². The van der Waals surface area contributed by atoms with Crippen LogP contribution in [0.15, 0.2) is 36.4 Å². The van der Waals surface area contributed by atoms with E-state index in [2.05, 4.69) is 30.8 Å². The maximum absolute atomic E-state index is 11.0. The van der Waals surface area contributed by atoms with Crippen LogP contribution in [0.25, 0.3) is 21.8 Å². The Morgan fingerprint density at radius 2 is 1.42 bits per heavy atom. The second kappa shape index (κ2) is 10.0. The number of rotatable bonds is 3. The summed E-state index contributed by atoms with van der Waals surface area (Å²) in [6.45, 7) is 3.26. The predicted octanol–water partition coefficient (Wildman–Crippen LogP) is 4.27. The molecular weight excluding hydrogens is 463 g/mol. The summed E-state index contributed by atoms with van der Waals surface area (Å²) in [6.07, 6.45) is 0. The summed E-state index contributed by atoms with van der Waals surface area (Å²) in [4.78, 5) is 27.1. The number of halogens is 3. The molecule has 11 heteroatoms. The molecule has 0 saturated heterocycles. The van der Waals surface area contributed by atoms with E-state index in [9.17, 15) is 4.79 Å². The fourth-order valence-corrected chi connectivity index (χ4v) is 3.38. The standard InChI is InChI=1S/C11H11ClN4O2.C9H6Cl2N2/c1-6-3-2-4-7-9(6)13-11(12)14-10(7)16-15-8(18)5-17;1-5-3-2-4-6-7(5)12-9(11)13-8(6)10/h2-4,17H,5H2,1H3,(H,15,18)(H,13,14,16);2-4H,1H3. The Kier molecular flexibility index (Phi) is 7.40. The lowest BCUT2D eigenvalue weighted by Crippen LogP contribution is -2.32. The number of aromatic nitrogens is 4. The topological polar surface area (TPSA) is 113 Å². The van der Waals surface area contributed by atoms with E-state index in [0.717, 1.165) is 27.4 Å². The molecule has 0 aliphatic heterocycles. The van der Waals surface area contributed by atoms with Crippen molar-refractivity contribution in [3.63, 3.8) is 0 Å². The smallest absolute Gasteiger partial charge is 0.264 e. The lowest BCUT2D eigenvalue weighted by atomic mass is 10.1. The molecule has 0 atom stereocenters. The summed E-state index contributed by atoms with van der Waals surface area (Å²) in [5.41, 5.74) is 8.43. The van der Waals surface area contributed by atoms with Gasteiger partial charge >= 0.3 is 0 Å². The van der Waals surface area contributed by atoms with Gasteiger partial charge in [0.15, 0.2) is 5.82 Å². The zero-order valence-corrected chi connectivity index (χ0v) is 18.7. The highest BCUT2D eigenvalue weighted by Crippen LogP contribution is 2.24. The van der Waals surface area contributed by atoms with Crippen LogP contribution in [0.2, 0.25) is 15.7 Å². The molecule has 2 heterocycles. The summed E-state index contributed by atoms with van der Waals surface area (Å²) in [7, 11) is 0. The van der Waals surface area contributed by atoms with Crippen molar-refractivity contribution in [1.82, 2.24) is 25.4 Å². The number of aliphatic hydroxyl groups excluding tert-OH is 1. The molecule has 3 N–H and O–H groups in total. The number of hydrazine groups is 1. The van der Waals surface area contributed by atoms with E-state index >= 15 is 0 Å². The Morgan fingerprint density at radius 1 is 0.871 bits per heavy atom. The van der Waals surface area contributed by atoms with Crippen molar-refractivity contribution in [2.24, 2.45) is 0 Å². The number of aliphatic hydroxyl groups is 1. The molecule has 4 aromatic rings. The van der Waals surface area contributed by atoms with Crippen molar-refractivity contribution in [3.05, 3.63) is 63.2 Å². The van der Waals surface area contributed by atoms with Crippen molar-refractivity contribution in [2.45, 2.75) is 13.8 Å². The number of amides is 1. The molecule has 0 bridgehead atoms. The number of nitrogens with zero attached hydrogens (tertiary/aromatic N) is 4. The van der Waals surface area contributed by atoms with Gasteiger partial charge in [-0.1, -0.05) is 35.9 Å². The zero-order chi connectivity index (χ0) is 22.5. The van der Waals surface area contributed by atoms with Crippen LogP contribution >= 0.6 is 34.8 Å². The van der Waals surface area contributed by atoms with Crippen LogP contribution in [0.5, 0.6) is 0 Å². The minimum atomic E-state index is -0.608. The second-order valence-corrected chi connectivity index (χ2v) is 7.43. The predicted molar refractivity (Wildman–Crippen MR) is 122 cm³/mol. The molecule has 0 unspecified atom stereocenters. The van der Waals surface area contributed by atoms with Gasteiger partial charge in [-0.25, -0.2) is 15.0 Å². The lowest BCUT2D eigenvalue weighted by molar-refractivity contribution is -0.123. The van der Waals surface area contributed by atoms with Crippen LogP contribution in [0, 0.1) is 13.8 Å². The minimum absolute atomic E-state index is 0.0811. The number of hydrogen-bond acceptors (Lipinski definition) is 7. The number of para-hydroxylation sites is 2. The minimum Gasteiger partial charge on any atom is -0.386 e. The van der Waals surface area contributed by atoms with Gasteiger partial charge in [0.1, 0.15) is 11.8 Å². The summed E-state index contributed by atoms with van der Waals surface area (Å²) >= 11 is 17.4. The first-order valence-electron chi connectivity index (χ1n) is 8.97. The van der Waals surface area contributed by atoms with E-state index in [4.69, 9.17) is 39.9 Å². The van der Waals surface area contributed by atoms with Crippen LogP contribution in [-0.4, -0.2) is 37.6 Å². The number of aryl methyl sites for hydroxylation is 2. The zero-order valence-electron chi connectivity index (χ0n) is 16.4. The third kappa shape index (κ3) is 5.48. The van der Waals surface area contributed by atoms with E-state index in [0.29, 0.717) is 16.5 Å². The molecule has 31 heavy (non-hydrogen) atoms. The fourth-order valence-electron chi connectivity index (χ4n) is 2.76. The number of hydrogen-bond donors (Lipinski definition) is 3. The summed E-state index contributed by atoms with van der Waals surface area (Å²) < 4.78 is 0. The van der Waals surface area contributed by atoms with E-state index in [-0.39, 0.29) is 10.6 Å². The first kappa shape index (κ1) is 22.9. The molecule has 4 rings (SSSR count). The lowest BCUT2D eigenvalue weighted by Gasteiger charge is -2.10. The monoisotopic (exact) mass is 478 g/mol. The highest BCUT2D eigenvalue weighted by molar-refractivity contribution is 6.35. The van der Waals surface area contributed by atoms with E-state index in [1.54, 1.807) is 0 Å². The van der Waals surface area contributed by atoms with Crippen LogP contribution in [0.4, 0.5) is 5.82 Å². The first-order chi connectivity index (χ1) is 14.8. The third-order valence-electron chi connectivity index (χ3n) is 4.22. The Hall–Kier alpha value is -2.78. The largest absolute Gasteiger partial charge is 0.386 e. The van der Waals surface area contributed by atoms with Gasteiger partial charge in [-0.2, -0.15) is 4.98 Å². The van der Waals surface area contributed by atoms with Crippen molar-refractivity contribution >= 4 is 68.3 Å². The highest BCUT2D eigenvalue weighted by Gasteiger charge is 2.09. The normalized spacial score (nSPS) is 10.5. The Balaban J connectivity index is 0.000000185. The van der Waals surface area contributed by atoms with Gasteiger partial charge in [0.05, 0.1) is 11.0 Å². The first-order valence-corrected chi connectivity index (χ1v) is 10.1. The van der Waals surface area contributed by atoms with Gasteiger partial charge in [0.2, 0.25) is 10.6 Å². The molecule has 8 nitrogen and oxygen atoms in total. The molecule has 2 aromatic carbocycles. The summed E-state index contributed by atoms with van der Waals surface area (Å²) in [6, 6.07) is 11.3. The van der Waals surface area contributed by atoms with E-state index in [1.807, 2.05) is 50.2 Å². The average Bonchev–Trinajstić information content (AvgIpc) is 2.74. The van der Waals surface area contributed by atoms with Crippen LogP contribution < -0.4 is 10.9 Å². The molecule has 2 aromatic heterocycles. The number of nitrogens with one attached hydrogen (secondary N) is 2. The maximum Gasteiger partial charge on any atom is 0.264 e. The molecule has 1 amide bonds. The van der Waals surface area contributed by atoms with Gasteiger partial charge in [0.25, 0.3) is 5.91 Å². The molecule has 0 aliphatic rings. The van der Waals surface area contributed by atoms with Crippen molar-refractivity contribution < 1.29 is 9.90 Å². The van der Waals surface area contributed by atoms with Gasteiger partial charge in [-0.05, 0) is 60.3 Å². The van der Waals surface area contributed by atoms with Crippen LogP contribution in [-0.2, 0) is 4.79 Å². The maximum atomic E-state index is 11.0. The van der Waals surface area contributed by atoms with Crippen molar-refractivity contribution in [2.75, 3.05) is 12.0 Å². The number of carbonyl (C=O) groups excluding carboxylic acids is 1.